The van der Waals surface area contributed by atoms with Crippen molar-refractivity contribution in [2.24, 2.45) is 0 Å². The van der Waals surface area contributed by atoms with Crippen LogP contribution in [-0.4, -0.2) is 44.5 Å². The van der Waals surface area contributed by atoms with Crippen LogP contribution in [0.25, 0.3) is 0 Å². The van der Waals surface area contributed by atoms with Crippen LogP contribution in [0, 0.1) is 0 Å². The number of sulfonamides is 1. The number of hydrogen-bond donors (Lipinski definition) is 2. The van der Waals surface area contributed by atoms with E-state index in [1.54, 1.807) is 0 Å². The average Bonchev–Trinajstić information content (AvgIpc) is 3.13. The van der Waals surface area contributed by atoms with Gasteiger partial charge in [-0.2, -0.15) is 0 Å². The lowest BCUT2D eigenvalue weighted by Crippen LogP contribution is -2.34. The van der Waals surface area contributed by atoms with Crippen molar-refractivity contribution in [3.05, 3.63) is 28.7 Å². The Morgan fingerprint density at radius 2 is 2.17 bits per heavy atom. The number of rotatable bonds is 6. The lowest BCUT2D eigenvalue weighted by molar-refractivity contribution is 0.329. The quantitative estimate of drug-likeness (QED) is 0.747. The minimum Gasteiger partial charge on any atom is -0.328 e. The average molecular weight is 271 g/mol. The van der Waals surface area contributed by atoms with Crippen LogP contribution in [0.5, 0.6) is 0 Å². The van der Waals surface area contributed by atoms with Crippen LogP contribution in [0.3, 0.4) is 0 Å². The summed E-state index contributed by atoms with van der Waals surface area (Å²) >= 11 is 0. The zero-order chi connectivity index (χ0) is 13.2. The molecule has 1 aromatic heterocycles. The van der Waals surface area contributed by atoms with Gasteiger partial charge in [-0.15, -0.1) is 0 Å². The molecule has 0 amide bonds. The zero-order valence-electron chi connectivity index (χ0n) is 10.2. The van der Waals surface area contributed by atoms with Crippen molar-refractivity contribution in [2.75, 3.05) is 20.1 Å². The van der Waals surface area contributed by atoms with Gasteiger partial charge in [0.15, 0.2) is 0 Å². The third-order valence-corrected chi connectivity index (χ3v) is 4.45. The Balaban J connectivity index is 1.90. The predicted octanol–water partition coefficient (Wildman–Crippen LogP) is -0.253. The standard InChI is InChI=1S/C11H17N3O3S/c1-14(9-2-3-9)7-6-13-18(16,17)10-4-5-11(15)12-8-10/h4-5,8-9,13H,2-3,6-7H2,1H3,(H,12,15). The second kappa shape index (κ2) is 5.21. The molecule has 0 radical (unpaired) electrons. The smallest absolute Gasteiger partial charge is 0.247 e. The van der Waals surface area contributed by atoms with Crippen LogP contribution in [0.1, 0.15) is 12.8 Å². The minimum atomic E-state index is -3.52. The first-order valence-electron chi connectivity index (χ1n) is 5.88. The zero-order valence-corrected chi connectivity index (χ0v) is 11.0. The van der Waals surface area contributed by atoms with Crippen LogP contribution in [0.2, 0.25) is 0 Å². The molecule has 0 aliphatic heterocycles. The SMILES string of the molecule is CN(CCNS(=O)(=O)c1ccc(=O)[nH]c1)C1CC1. The Hall–Kier alpha value is -1.18. The van der Waals surface area contributed by atoms with Crippen molar-refractivity contribution >= 4 is 10.0 Å². The highest BCUT2D eigenvalue weighted by Crippen LogP contribution is 2.24. The van der Waals surface area contributed by atoms with Crippen LogP contribution < -0.4 is 10.3 Å². The van der Waals surface area contributed by atoms with Gasteiger partial charge in [-0.05, 0) is 26.0 Å². The number of nitrogens with one attached hydrogen (secondary N) is 2. The molecule has 0 unspecified atom stereocenters. The predicted molar refractivity (Wildman–Crippen MR) is 67.9 cm³/mol. The van der Waals surface area contributed by atoms with Gasteiger partial charge in [-0.1, -0.05) is 0 Å². The first kappa shape index (κ1) is 13.3. The summed E-state index contributed by atoms with van der Waals surface area (Å²) < 4.78 is 26.2. The van der Waals surface area contributed by atoms with E-state index in [-0.39, 0.29) is 10.5 Å². The van der Waals surface area contributed by atoms with Crippen LogP contribution in [-0.2, 0) is 10.0 Å². The number of hydrogen-bond acceptors (Lipinski definition) is 4. The summed E-state index contributed by atoms with van der Waals surface area (Å²) in [5.41, 5.74) is -0.317. The Morgan fingerprint density at radius 1 is 1.44 bits per heavy atom. The summed E-state index contributed by atoms with van der Waals surface area (Å²) in [5, 5.41) is 0. The van der Waals surface area contributed by atoms with Crippen molar-refractivity contribution in [3.8, 4) is 0 Å². The van der Waals surface area contributed by atoms with Crippen molar-refractivity contribution < 1.29 is 8.42 Å². The van der Waals surface area contributed by atoms with Crippen molar-refractivity contribution in [3.63, 3.8) is 0 Å². The van der Waals surface area contributed by atoms with Crippen LogP contribution >= 0.6 is 0 Å². The van der Waals surface area contributed by atoms with E-state index in [4.69, 9.17) is 0 Å². The molecule has 2 N–H and O–H groups in total. The molecule has 1 aromatic rings. The fraction of sp³-hybridized carbons (Fsp3) is 0.545. The molecule has 0 spiro atoms. The molecular formula is C11H17N3O3S. The first-order valence-corrected chi connectivity index (χ1v) is 7.36. The van der Waals surface area contributed by atoms with Gasteiger partial charge in [-0.3, -0.25) is 4.79 Å². The maximum atomic E-state index is 11.9. The maximum absolute atomic E-state index is 11.9. The number of H-pyrrole nitrogens is 1. The third kappa shape index (κ3) is 3.41. The van der Waals surface area contributed by atoms with Gasteiger partial charge < -0.3 is 9.88 Å². The molecule has 2 rings (SSSR count). The molecule has 6 nitrogen and oxygen atoms in total. The molecular weight excluding hydrogens is 254 g/mol. The normalized spacial score (nSPS) is 16.1. The highest BCUT2D eigenvalue weighted by atomic mass is 32.2. The van der Waals surface area contributed by atoms with Crippen LogP contribution in [0.4, 0.5) is 0 Å². The van der Waals surface area contributed by atoms with Crippen LogP contribution in [0.15, 0.2) is 28.0 Å². The van der Waals surface area contributed by atoms with Gasteiger partial charge >= 0.3 is 0 Å². The molecule has 100 valence electrons. The summed E-state index contributed by atoms with van der Waals surface area (Å²) in [4.78, 5) is 15.4. The van der Waals surface area contributed by atoms with Gasteiger partial charge in [0.05, 0.1) is 4.90 Å². The molecule has 7 heteroatoms. The Labute approximate surface area is 106 Å². The van der Waals surface area contributed by atoms with E-state index in [1.807, 2.05) is 7.05 Å². The second-order valence-corrected chi connectivity index (χ2v) is 6.27. The molecule has 1 heterocycles. The van der Waals surface area contributed by atoms with E-state index in [0.717, 1.165) is 0 Å². The summed E-state index contributed by atoms with van der Waals surface area (Å²) in [6.07, 6.45) is 3.60. The monoisotopic (exact) mass is 271 g/mol. The first-order chi connectivity index (χ1) is 8.49. The molecule has 0 atom stereocenters. The van der Waals surface area contributed by atoms with E-state index < -0.39 is 10.0 Å². The summed E-state index contributed by atoms with van der Waals surface area (Å²) in [6.45, 7) is 1.06. The molecule has 1 saturated carbocycles. The van der Waals surface area contributed by atoms with E-state index in [9.17, 15) is 13.2 Å². The maximum Gasteiger partial charge on any atom is 0.247 e. The molecule has 0 bridgehead atoms. The summed E-state index contributed by atoms with van der Waals surface area (Å²) in [7, 11) is -1.53. The number of nitrogens with zero attached hydrogens (tertiary/aromatic N) is 1. The number of aromatic nitrogens is 1. The van der Waals surface area contributed by atoms with Crippen molar-refractivity contribution in [1.82, 2.24) is 14.6 Å². The highest BCUT2D eigenvalue weighted by molar-refractivity contribution is 7.89. The molecule has 0 aromatic carbocycles. The van der Waals surface area contributed by atoms with Crippen molar-refractivity contribution in [2.45, 2.75) is 23.8 Å². The third-order valence-electron chi connectivity index (χ3n) is 2.99. The van der Waals surface area contributed by atoms with Gasteiger partial charge in [0.1, 0.15) is 0 Å². The minimum absolute atomic E-state index is 0.0798. The van der Waals surface area contributed by atoms with Gasteiger partial charge in [0.25, 0.3) is 0 Å². The summed E-state index contributed by atoms with van der Waals surface area (Å²) in [6, 6.07) is 3.11. The highest BCUT2D eigenvalue weighted by Gasteiger charge is 2.25. The van der Waals surface area contributed by atoms with E-state index in [1.165, 1.54) is 31.2 Å². The van der Waals surface area contributed by atoms with Gasteiger partial charge in [0.2, 0.25) is 15.6 Å². The number of pyridine rings is 1. The van der Waals surface area contributed by atoms with Gasteiger partial charge in [-0.25, -0.2) is 13.1 Å². The Kier molecular flexibility index (Phi) is 3.84. The van der Waals surface area contributed by atoms with E-state index >= 15 is 0 Å². The topological polar surface area (TPSA) is 82.3 Å². The molecule has 1 aliphatic carbocycles. The molecule has 0 saturated heterocycles. The largest absolute Gasteiger partial charge is 0.328 e. The van der Waals surface area contributed by atoms with E-state index in [2.05, 4.69) is 14.6 Å². The van der Waals surface area contributed by atoms with Gasteiger partial charge in [0, 0.05) is 31.4 Å². The lowest BCUT2D eigenvalue weighted by Gasteiger charge is -2.15. The fourth-order valence-corrected chi connectivity index (χ4v) is 2.69. The molecule has 18 heavy (non-hydrogen) atoms. The Bertz CT molecular complexity index is 543. The second-order valence-electron chi connectivity index (χ2n) is 4.50. The fourth-order valence-electron chi connectivity index (χ4n) is 1.70. The number of aromatic amines is 1. The van der Waals surface area contributed by atoms with Crippen molar-refractivity contribution in [1.29, 1.82) is 0 Å². The molecule has 1 fully saturated rings. The number of likely N-dealkylation sites (N-methyl/N-ethyl adjacent to an activating group) is 1. The molecule has 1 aliphatic rings. The lowest BCUT2D eigenvalue weighted by atomic mass is 10.5. The summed E-state index contributed by atoms with van der Waals surface area (Å²) in [5.74, 6) is 0. The van der Waals surface area contributed by atoms with E-state index in [0.29, 0.717) is 19.1 Å². The Morgan fingerprint density at radius 3 is 2.72 bits per heavy atom.